The van der Waals surface area contributed by atoms with Gasteiger partial charge >= 0.3 is 0 Å². The molecule has 1 fully saturated rings. The molecular formula is C21H23ClO5. The molecule has 27 heavy (non-hydrogen) atoms. The number of benzene rings is 2. The fourth-order valence-electron chi connectivity index (χ4n) is 3.81. The molecule has 0 bridgehead atoms. The summed E-state index contributed by atoms with van der Waals surface area (Å²) in [5.41, 5.74) is 4.16. The highest BCUT2D eigenvalue weighted by molar-refractivity contribution is 6.31. The second-order valence-corrected chi connectivity index (χ2v) is 7.58. The van der Waals surface area contributed by atoms with Gasteiger partial charge in [0.25, 0.3) is 0 Å². The molecule has 2 aromatic carbocycles. The van der Waals surface area contributed by atoms with E-state index in [1.54, 1.807) is 6.07 Å². The van der Waals surface area contributed by atoms with Gasteiger partial charge in [0.1, 0.15) is 30.2 Å². The van der Waals surface area contributed by atoms with Crippen LogP contribution in [-0.2, 0) is 17.6 Å². The van der Waals surface area contributed by atoms with E-state index in [0.29, 0.717) is 17.2 Å². The average Bonchev–Trinajstić information content (AvgIpc) is 3.03. The standard InChI is InChI=1S/C21H23ClO5/c1-2-11-3-5-12(6-4-11)7-13-8-14-16(9-15(13)22)26-21-19(25)18(24)17(10-23)27-20(14)21/h3-6,8-9,17-21,23-25H,2,7,10H2,1H3/t17-,18-,19+,20+,21+/m1/s1. The molecule has 2 aromatic rings. The molecule has 0 spiro atoms. The van der Waals surface area contributed by atoms with Crippen molar-refractivity contribution in [2.24, 2.45) is 0 Å². The summed E-state index contributed by atoms with van der Waals surface area (Å²) >= 11 is 6.46. The zero-order valence-electron chi connectivity index (χ0n) is 15.0. The Morgan fingerprint density at radius 2 is 1.74 bits per heavy atom. The van der Waals surface area contributed by atoms with Crippen molar-refractivity contribution in [3.63, 3.8) is 0 Å². The highest BCUT2D eigenvalue weighted by Gasteiger charge is 2.50. The van der Waals surface area contributed by atoms with Crippen LogP contribution in [0.15, 0.2) is 36.4 Å². The lowest BCUT2D eigenvalue weighted by Gasteiger charge is -2.38. The Morgan fingerprint density at radius 3 is 2.41 bits per heavy atom. The molecule has 6 heteroatoms. The van der Waals surface area contributed by atoms with Crippen LogP contribution in [0, 0.1) is 0 Å². The quantitative estimate of drug-likeness (QED) is 0.747. The van der Waals surface area contributed by atoms with Gasteiger partial charge in [-0.15, -0.1) is 0 Å². The number of halogens is 1. The number of ether oxygens (including phenoxy) is 2. The maximum Gasteiger partial charge on any atom is 0.157 e. The second kappa shape index (κ2) is 7.41. The lowest BCUT2D eigenvalue weighted by atomic mass is 9.91. The summed E-state index contributed by atoms with van der Waals surface area (Å²) < 4.78 is 11.6. The van der Waals surface area contributed by atoms with Crippen LogP contribution in [0.4, 0.5) is 0 Å². The maximum absolute atomic E-state index is 10.3. The Hall–Kier alpha value is -1.63. The van der Waals surface area contributed by atoms with Gasteiger partial charge < -0.3 is 24.8 Å². The molecule has 4 rings (SSSR count). The van der Waals surface area contributed by atoms with Crippen LogP contribution in [0.1, 0.15) is 35.3 Å². The van der Waals surface area contributed by atoms with E-state index in [2.05, 4.69) is 31.2 Å². The molecule has 144 valence electrons. The van der Waals surface area contributed by atoms with E-state index in [0.717, 1.165) is 23.1 Å². The van der Waals surface area contributed by atoms with Crippen LogP contribution in [0.5, 0.6) is 5.75 Å². The van der Waals surface area contributed by atoms with Crippen molar-refractivity contribution in [3.8, 4) is 5.75 Å². The third-order valence-electron chi connectivity index (χ3n) is 5.44. The van der Waals surface area contributed by atoms with E-state index >= 15 is 0 Å². The number of rotatable bonds is 4. The summed E-state index contributed by atoms with van der Waals surface area (Å²) in [6.45, 7) is 1.75. The first kappa shape index (κ1) is 18.7. The number of aryl methyl sites for hydroxylation is 1. The summed E-state index contributed by atoms with van der Waals surface area (Å²) in [6.07, 6.45) is -2.78. The van der Waals surface area contributed by atoms with Crippen molar-refractivity contribution in [3.05, 3.63) is 63.7 Å². The number of fused-ring (bicyclic) bond motifs is 3. The third kappa shape index (κ3) is 3.35. The Balaban J connectivity index is 1.63. The smallest absolute Gasteiger partial charge is 0.157 e. The molecule has 2 aliphatic rings. The maximum atomic E-state index is 10.3. The number of hydrogen-bond acceptors (Lipinski definition) is 5. The van der Waals surface area contributed by atoms with Crippen molar-refractivity contribution >= 4 is 11.6 Å². The van der Waals surface area contributed by atoms with Gasteiger partial charge in [-0.3, -0.25) is 0 Å². The van der Waals surface area contributed by atoms with E-state index < -0.39 is 30.5 Å². The van der Waals surface area contributed by atoms with Crippen molar-refractivity contribution in [2.45, 2.75) is 50.3 Å². The molecule has 1 saturated heterocycles. The van der Waals surface area contributed by atoms with E-state index in [-0.39, 0.29) is 6.61 Å². The van der Waals surface area contributed by atoms with Crippen molar-refractivity contribution in [2.75, 3.05) is 6.61 Å². The van der Waals surface area contributed by atoms with Crippen LogP contribution in [0.3, 0.4) is 0 Å². The normalized spacial score (nSPS) is 29.1. The number of hydrogen-bond donors (Lipinski definition) is 3. The van der Waals surface area contributed by atoms with Crippen LogP contribution in [0.25, 0.3) is 0 Å². The minimum atomic E-state index is -1.20. The van der Waals surface area contributed by atoms with Gasteiger partial charge in [0.2, 0.25) is 0 Å². The van der Waals surface area contributed by atoms with Crippen molar-refractivity contribution < 1.29 is 24.8 Å². The first-order valence-corrected chi connectivity index (χ1v) is 9.58. The van der Waals surface area contributed by atoms with E-state index in [1.165, 1.54) is 5.56 Å². The minimum absolute atomic E-state index is 0.374. The van der Waals surface area contributed by atoms with Crippen LogP contribution in [0.2, 0.25) is 5.02 Å². The topological polar surface area (TPSA) is 79.2 Å². The molecule has 0 aliphatic carbocycles. The molecule has 2 aliphatic heterocycles. The van der Waals surface area contributed by atoms with E-state index in [9.17, 15) is 15.3 Å². The molecule has 0 unspecified atom stereocenters. The molecule has 5 atom stereocenters. The van der Waals surface area contributed by atoms with Gasteiger partial charge in [-0.05, 0) is 41.7 Å². The lowest BCUT2D eigenvalue weighted by Crippen LogP contribution is -2.55. The summed E-state index contributed by atoms with van der Waals surface area (Å²) in [4.78, 5) is 0. The fourth-order valence-corrected chi connectivity index (χ4v) is 4.03. The Kier molecular flexibility index (Phi) is 5.14. The fraction of sp³-hybridized carbons (Fsp3) is 0.429. The van der Waals surface area contributed by atoms with Gasteiger partial charge in [0, 0.05) is 10.6 Å². The number of aliphatic hydroxyl groups is 3. The molecular weight excluding hydrogens is 368 g/mol. The lowest BCUT2D eigenvalue weighted by molar-refractivity contribution is -0.215. The van der Waals surface area contributed by atoms with Gasteiger partial charge in [-0.25, -0.2) is 0 Å². The number of aliphatic hydroxyl groups excluding tert-OH is 3. The SMILES string of the molecule is CCc1ccc(Cc2cc3c(cc2Cl)O[C@H]2[C@@H](O)[C@H](O)[C@@H](CO)O[C@@H]32)cc1. The predicted molar refractivity (Wildman–Crippen MR) is 101 cm³/mol. The third-order valence-corrected chi connectivity index (χ3v) is 5.79. The molecule has 2 heterocycles. The largest absolute Gasteiger partial charge is 0.484 e. The first-order valence-electron chi connectivity index (χ1n) is 9.21. The van der Waals surface area contributed by atoms with Gasteiger partial charge in [0.15, 0.2) is 6.10 Å². The highest BCUT2D eigenvalue weighted by atomic mass is 35.5. The molecule has 5 nitrogen and oxygen atoms in total. The first-order chi connectivity index (χ1) is 13.0. The summed E-state index contributed by atoms with van der Waals surface area (Å²) in [5.74, 6) is 0.546. The molecule has 0 radical (unpaired) electrons. The van der Waals surface area contributed by atoms with Crippen LogP contribution >= 0.6 is 11.6 Å². The summed E-state index contributed by atoms with van der Waals surface area (Å²) in [6, 6.07) is 12.1. The zero-order valence-corrected chi connectivity index (χ0v) is 15.8. The van der Waals surface area contributed by atoms with Gasteiger partial charge in [0.05, 0.1) is 6.61 Å². The molecule has 3 N–H and O–H groups in total. The summed E-state index contributed by atoms with van der Waals surface area (Å²) in [5, 5.41) is 30.4. The van der Waals surface area contributed by atoms with Crippen LogP contribution < -0.4 is 4.74 Å². The Labute approximate surface area is 163 Å². The average molecular weight is 391 g/mol. The second-order valence-electron chi connectivity index (χ2n) is 7.17. The van der Waals surface area contributed by atoms with Crippen molar-refractivity contribution in [1.29, 1.82) is 0 Å². The minimum Gasteiger partial charge on any atom is -0.484 e. The highest BCUT2D eigenvalue weighted by Crippen LogP contribution is 2.46. The Bertz CT molecular complexity index is 822. The van der Waals surface area contributed by atoms with Crippen LogP contribution in [-0.4, -0.2) is 46.3 Å². The van der Waals surface area contributed by atoms with Crippen molar-refractivity contribution in [1.82, 2.24) is 0 Å². The molecule has 0 saturated carbocycles. The van der Waals surface area contributed by atoms with E-state index in [4.69, 9.17) is 21.1 Å². The predicted octanol–water partition coefficient (Wildman–Crippen LogP) is 2.41. The monoisotopic (exact) mass is 390 g/mol. The zero-order chi connectivity index (χ0) is 19.1. The molecule has 0 amide bonds. The Morgan fingerprint density at radius 1 is 1.04 bits per heavy atom. The summed E-state index contributed by atoms with van der Waals surface area (Å²) in [7, 11) is 0. The molecule has 0 aromatic heterocycles. The van der Waals surface area contributed by atoms with E-state index in [1.807, 2.05) is 6.07 Å². The van der Waals surface area contributed by atoms with Gasteiger partial charge in [-0.2, -0.15) is 0 Å². The van der Waals surface area contributed by atoms with Gasteiger partial charge in [-0.1, -0.05) is 42.8 Å².